The van der Waals surface area contributed by atoms with Crippen molar-refractivity contribution < 1.29 is 63.7 Å². The van der Waals surface area contributed by atoms with Gasteiger partial charge in [0.2, 0.25) is 5.60 Å². The van der Waals surface area contributed by atoms with E-state index in [2.05, 4.69) is 4.74 Å². The molecule has 1 heterocycles. The van der Waals surface area contributed by atoms with E-state index in [4.69, 9.17) is 4.74 Å². The van der Waals surface area contributed by atoms with Crippen LogP contribution in [0.25, 0.3) is 5.57 Å². The molecule has 0 aromatic heterocycles. The Morgan fingerprint density at radius 2 is 1.34 bits per heavy atom. The number of ether oxygens (including phenoxy) is 2. The number of fused-ring (bicyclic) bond motifs is 1. The number of alkyl halides is 9. The van der Waals surface area contributed by atoms with Gasteiger partial charge in [0, 0.05) is 16.7 Å². The lowest BCUT2D eigenvalue weighted by Gasteiger charge is -2.39. The van der Waals surface area contributed by atoms with Crippen molar-refractivity contribution in [3.63, 3.8) is 0 Å². The maximum atomic E-state index is 13.7. The molecule has 41 heavy (non-hydrogen) atoms. The van der Waals surface area contributed by atoms with Crippen molar-refractivity contribution in [2.24, 2.45) is 0 Å². The summed E-state index contributed by atoms with van der Waals surface area (Å²) in [5, 5.41) is 11.7. The van der Waals surface area contributed by atoms with Crippen molar-refractivity contribution in [3.05, 3.63) is 70.3 Å². The number of rotatable bonds is 5. The van der Waals surface area contributed by atoms with Crippen molar-refractivity contribution in [2.45, 2.75) is 50.4 Å². The Kier molecular flexibility index (Phi) is 8.46. The third-order valence-electron chi connectivity index (χ3n) is 6.32. The molecule has 0 radical (unpaired) electrons. The summed E-state index contributed by atoms with van der Waals surface area (Å²) in [4.78, 5) is 26.7. The predicted molar refractivity (Wildman–Crippen MR) is 125 cm³/mol. The van der Waals surface area contributed by atoms with E-state index in [1.165, 1.54) is 13.8 Å². The van der Waals surface area contributed by atoms with Crippen LogP contribution in [0.5, 0.6) is 0 Å². The van der Waals surface area contributed by atoms with E-state index >= 15 is 0 Å². The second-order valence-electron chi connectivity index (χ2n) is 8.85. The predicted octanol–water partition coefficient (Wildman–Crippen LogP) is 6.94. The number of benzene rings is 2. The normalized spacial score (nSPS) is 17.3. The Morgan fingerprint density at radius 1 is 0.829 bits per heavy atom. The highest BCUT2D eigenvalue weighted by Crippen LogP contribution is 2.49. The van der Waals surface area contributed by atoms with Crippen LogP contribution in [0.4, 0.5) is 50.0 Å². The van der Waals surface area contributed by atoms with Gasteiger partial charge in [0.05, 0.1) is 42.1 Å². The van der Waals surface area contributed by atoms with Gasteiger partial charge < -0.3 is 14.6 Å². The molecule has 0 fully saturated rings. The number of hydrogen-bond donors (Lipinski definition) is 1. The van der Waals surface area contributed by atoms with Crippen molar-refractivity contribution in [1.29, 1.82) is 0 Å². The summed E-state index contributed by atoms with van der Waals surface area (Å²) in [5.41, 5.74) is -11.8. The molecule has 1 amide bonds. The molecule has 0 unspecified atom stereocenters. The van der Waals surface area contributed by atoms with Gasteiger partial charge in [0.1, 0.15) is 0 Å². The lowest BCUT2D eigenvalue weighted by atomic mass is 9.77. The molecule has 0 aliphatic carbocycles. The minimum absolute atomic E-state index is 0.0313. The molecular formula is C26H22F9NO5. The fourth-order valence-corrected chi connectivity index (χ4v) is 4.41. The van der Waals surface area contributed by atoms with E-state index in [1.54, 1.807) is 0 Å². The Morgan fingerprint density at radius 3 is 1.78 bits per heavy atom. The number of esters is 1. The number of carbonyl (C=O) groups is 2. The summed E-state index contributed by atoms with van der Waals surface area (Å²) < 4.78 is 132. The van der Waals surface area contributed by atoms with Crippen LogP contribution >= 0.6 is 0 Å². The molecule has 3 rings (SSSR count). The summed E-state index contributed by atoms with van der Waals surface area (Å²) in [6, 6.07) is 0.518. The molecule has 1 aliphatic rings. The van der Waals surface area contributed by atoms with Crippen LogP contribution in [0.1, 0.15) is 48.1 Å². The first-order chi connectivity index (χ1) is 18.8. The van der Waals surface area contributed by atoms with Gasteiger partial charge in [-0.25, -0.2) is 9.59 Å². The Hall–Kier alpha value is -3.75. The molecule has 224 valence electrons. The average Bonchev–Trinajstić information content (AvgIpc) is 2.89. The first-order valence-electron chi connectivity index (χ1n) is 11.8. The van der Waals surface area contributed by atoms with Gasteiger partial charge in [0.25, 0.3) is 0 Å². The van der Waals surface area contributed by atoms with Crippen LogP contribution in [0, 0.1) is 0 Å². The maximum absolute atomic E-state index is 13.7. The van der Waals surface area contributed by atoms with Crippen LogP contribution in [-0.4, -0.2) is 36.9 Å². The number of hydrogen-bond acceptors (Lipinski definition) is 5. The van der Waals surface area contributed by atoms with E-state index in [1.807, 2.05) is 0 Å². The third-order valence-corrected chi connectivity index (χ3v) is 6.32. The van der Waals surface area contributed by atoms with Crippen molar-refractivity contribution >= 4 is 23.3 Å². The summed E-state index contributed by atoms with van der Waals surface area (Å²) in [6.07, 6.45) is -16.0. The van der Waals surface area contributed by atoms with Crippen LogP contribution in [0.3, 0.4) is 0 Å². The number of amides is 1. The molecule has 1 N–H and O–H groups in total. The van der Waals surface area contributed by atoms with Gasteiger partial charge in [0.15, 0.2) is 0 Å². The van der Waals surface area contributed by atoms with Gasteiger partial charge in [-0.3, -0.25) is 4.90 Å². The minimum atomic E-state index is -5.39. The molecule has 15 heteroatoms. The second kappa shape index (κ2) is 10.9. The number of aliphatic hydroxyl groups is 1. The molecule has 6 nitrogen and oxygen atoms in total. The minimum Gasteiger partial charge on any atom is -0.466 e. The largest absolute Gasteiger partial charge is 0.466 e. The first-order valence-corrected chi connectivity index (χ1v) is 11.8. The fraction of sp³-hybridized carbons (Fsp3) is 0.385. The summed E-state index contributed by atoms with van der Waals surface area (Å²) in [5.74, 6) is -1.79. The molecule has 0 saturated carbocycles. The van der Waals surface area contributed by atoms with Gasteiger partial charge in [-0.05, 0) is 49.7 Å². The van der Waals surface area contributed by atoms with Gasteiger partial charge in [-0.2, -0.15) is 39.5 Å². The Bertz CT molecular complexity index is 1330. The van der Waals surface area contributed by atoms with Gasteiger partial charge in [-0.15, -0.1) is 0 Å². The van der Waals surface area contributed by atoms with Crippen LogP contribution < -0.4 is 4.90 Å². The number of anilines is 1. The highest BCUT2D eigenvalue weighted by molar-refractivity contribution is 6.04. The molecule has 2 aromatic rings. The third kappa shape index (κ3) is 5.99. The topological polar surface area (TPSA) is 76.1 Å². The molecule has 0 saturated heterocycles. The lowest BCUT2D eigenvalue weighted by Crippen LogP contribution is -2.46. The van der Waals surface area contributed by atoms with E-state index in [-0.39, 0.29) is 36.9 Å². The molecular weight excluding hydrogens is 577 g/mol. The number of halogens is 9. The number of nitrogens with zero attached hydrogens (tertiary/aromatic N) is 1. The molecule has 0 bridgehead atoms. The standard InChI is InChI=1S/C26H22F9NO5/c1-4-17-12-19(18-11-13(24(27,28)29)6-7-20(18)36(17)22(38)41-5-2)23(39,21(37)40-3)14-8-15(25(30,31)32)10-16(9-14)26(33,34)35/h6-12,17,39H,4-5H2,1-3H3/t17-,23-/m1/s1. The van der Waals surface area contributed by atoms with Crippen molar-refractivity contribution in [2.75, 3.05) is 18.6 Å². The maximum Gasteiger partial charge on any atom is 0.416 e. The first kappa shape index (κ1) is 31.8. The molecule has 0 spiro atoms. The zero-order valence-electron chi connectivity index (χ0n) is 21.5. The van der Waals surface area contributed by atoms with E-state index in [9.17, 15) is 54.2 Å². The van der Waals surface area contributed by atoms with Crippen LogP contribution in [0.15, 0.2) is 42.5 Å². The van der Waals surface area contributed by atoms with Crippen molar-refractivity contribution in [1.82, 2.24) is 0 Å². The zero-order valence-corrected chi connectivity index (χ0v) is 21.5. The lowest BCUT2D eigenvalue weighted by molar-refractivity contribution is -0.158. The van der Waals surface area contributed by atoms with Crippen molar-refractivity contribution in [3.8, 4) is 0 Å². The smallest absolute Gasteiger partial charge is 0.416 e. The second-order valence-corrected chi connectivity index (χ2v) is 8.85. The number of carbonyl (C=O) groups excluding carboxylic acids is 2. The quantitative estimate of drug-likeness (QED) is 0.298. The number of methoxy groups -OCH3 is 1. The van der Waals surface area contributed by atoms with E-state index < -0.39 is 75.6 Å². The summed E-state index contributed by atoms with van der Waals surface area (Å²) in [6.45, 7) is 2.78. The van der Waals surface area contributed by atoms with Gasteiger partial charge in [-0.1, -0.05) is 13.0 Å². The molecule has 2 atom stereocenters. The molecule has 1 aliphatic heterocycles. The molecule has 2 aromatic carbocycles. The van der Waals surface area contributed by atoms with Crippen LogP contribution in [0.2, 0.25) is 0 Å². The zero-order chi connectivity index (χ0) is 31.1. The Labute approximate surface area is 226 Å². The summed E-state index contributed by atoms with van der Waals surface area (Å²) >= 11 is 0. The van der Waals surface area contributed by atoms with Crippen LogP contribution in [-0.2, 0) is 38.4 Å². The monoisotopic (exact) mass is 599 g/mol. The highest BCUT2D eigenvalue weighted by atomic mass is 19.4. The fourth-order valence-electron chi connectivity index (χ4n) is 4.41. The Balaban J connectivity index is 2.48. The highest BCUT2D eigenvalue weighted by Gasteiger charge is 2.50. The van der Waals surface area contributed by atoms with E-state index in [0.29, 0.717) is 19.2 Å². The average molecular weight is 599 g/mol. The van der Waals surface area contributed by atoms with E-state index in [0.717, 1.165) is 17.0 Å². The van der Waals surface area contributed by atoms with Gasteiger partial charge >= 0.3 is 30.6 Å². The summed E-state index contributed by atoms with van der Waals surface area (Å²) in [7, 11) is 0.671. The SMILES string of the molecule is CCOC(=O)N1c2ccc(C(F)(F)F)cc2C([C@@](O)(C(=O)OC)c2cc(C(F)(F)F)cc(C(F)(F)F)c2)=C[C@H]1CC.